The van der Waals surface area contributed by atoms with Crippen LogP contribution in [0.1, 0.15) is 39.9 Å². The number of fused-ring (bicyclic) bond motifs is 1. The number of benzene rings is 2. The predicted octanol–water partition coefficient (Wildman–Crippen LogP) is 4.80. The van der Waals surface area contributed by atoms with Crippen LogP contribution in [0.5, 0.6) is 11.6 Å². The van der Waals surface area contributed by atoms with Gasteiger partial charge in [-0.2, -0.15) is 19.6 Å². The summed E-state index contributed by atoms with van der Waals surface area (Å²) in [7, 11) is 1.30. The van der Waals surface area contributed by atoms with Crippen molar-refractivity contribution in [2.24, 2.45) is 0 Å². The Kier molecular flexibility index (Phi) is 8.36. The summed E-state index contributed by atoms with van der Waals surface area (Å²) >= 11 is 6.25. The number of nitrogens with zero attached hydrogens (tertiary/aromatic N) is 5. The summed E-state index contributed by atoms with van der Waals surface area (Å²) in [6.07, 6.45) is 3.11. The lowest BCUT2D eigenvalue weighted by molar-refractivity contribution is -0.117. The lowest BCUT2D eigenvalue weighted by Gasteiger charge is -2.32. The Hall–Kier alpha value is -4.22. The second-order valence-electron chi connectivity index (χ2n) is 10.2. The molecule has 0 radical (unpaired) electrons. The monoisotopic (exact) mass is 577 g/mol. The summed E-state index contributed by atoms with van der Waals surface area (Å²) in [6, 6.07) is 10.8. The molecule has 0 spiro atoms. The number of rotatable bonds is 8. The molecule has 1 aliphatic heterocycles. The van der Waals surface area contributed by atoms with Crippen molar-refractivity contribution in [2.45, 2.75) is 39.7 Å². The molecule has 5 rings (SSSR count). The van der Waals surface area contributed by atoms with Gasteiger partial charge in [0.05, 0.1) is 29.9 Å². The van der Waals surface area contributed by atoms with Crippen molar-refractivity contribution in [3.05, 3.63) is 70.0 Å². The third kappa shape index (κ3) is 6.58. The molecule has 12 heteroatoms. The van der Waals surface area contributed by atoms with Gasteiger partial charge in [-0.05, 0) is 62.9 Å². The number of aromatic nitrogens is 4. The van der Waals surface area contributed by atoms with E-state index in [1.807, 2.05) is 19.9 Å². The van der Waals surface area contributed by atoms with Gasteiger partial charge in [0.1, 0.15) is 17.9 Å². The largest absolute Gasteiger partial charge is 0.465 e. The summed E-state index contributed by atoms with van der Waals surface area (Å²) in [4.78, 5) is 35.3. The summed E-state index contributed by atoms with van der Waals surface area (Å²) in [6.45, 7) is 7.82. The fourth-order valence-electron chi connectivity index (χ4n) is 5.06. The number of methoxy groups -OCH3 is 1. The number of aryl methyl sites for hydroxylation is 3. The highest BCUT2D eigenvalue weighted by atomic mass is 35.5. The second kappa shape index (κ2) is 12.1. The van der Waals surface area contributed by atoms with E-state index in [0.29, 0.717) is 28.7 Å². The summed E-state index contributed by atoms with van der Waals surface area (Å²) in [5, 5.41) is 10.9. The Morgan fingerprint density at radius 2 is 1.80 bits per heavy atom. The van der Waals surface area contributed by atoms with Crippen LogP contribution < -0.4 is 15.4 Å². The van der Waals surface area contributed by atoms with E-state index in [0.717, 1.165) is 42.8 Å². The van der Waals surface area contributed by atoms with Crippen LogP contribution in [-0.4, -0.2) is 69.1 Å². The first kappa shape index (κ1) is 28.3. The smallest absolute Gasteiger partial charge is 0.337 e. The predicted molar refractivity (Wildman–Crippen MR) is 156 cm³/mol. The van der Waals surface area contributed by atoms with E-state index in [-0.39, 0.29) is 23.5 Å². The van der Waals surface area contributed by atoms with Gasteiger partial charge in [-0.25, -0.2) is 4.79 Å². The SMILES string of the molecule is COC(=O)c1ccc(NC(=O)CN2CCC(Nc3cc(Oc4c(C)cc(C)cc4C)n4ncnc4n3)CC2)c(Cl)c1. The molecule has 4 aromatic rings. The van der Waals surface area contributed by atoms with Crippen molar-refractivity contribution >= 4 is 40.8 Å². The first-order valence-corrected chi connectivity index (χ1v) is 13.7. The van der Waals surface area contributed by atoms with Crippen LogP contribution in [0.2, 0.25) is 5.02 Å². The molecule has 1 fully saturated rings. The number of halogens is 1. The Morgan fingerprint density at radius 3 is 2.49 bits per heavy atom. The van der Waals surface area contributed by atoms with Crippen molar-refractivity contribution in [1.82, 2.24) is 24.5 Å². The van der Waals surface area contributed by atoms with E-state index in [1.54, 1.807) is 16.6 Å². The molecule has 2 aromatic heterocycles. The Morgan fingerprint density at radius 1 is 1.07 bits per heavy atom. The molecule has 0 bridgehead atoms. The van der Waals surface area contributed by atoms with Gasteiger partial charge in [-0.3, -0.25) is 9.69 Å². The minimum Gasteiger partial charge on any atom is -0.465 e. The number of piperidine rings is 1. The molecule has 11 nitrogen and oxygen atoms in total. The maximum absolute atomic E-state index is 12.7. The summed E-state index contributed by atoms with van der Waals surface area (Å²) in [5.74, 6) is 1.75. The molecule has 0 saturated carbocycles. The van der Waals surface area contributed by atoms with Crippen LogP contribution in [0.25, 0.3) is 5.78 Å². The van der Waals surface area contributed by atoms with Crippen LogP contribution in [0.3, 0.4) is 0 Å². The Balaban J connectivity index is 1.18. The van der Waals surface area contributed by atoms with Gasteiger partial charge < -0.3 is 20.1 Å². The normalized spacial score (nSPS) is 14.2. The zero-order chi connectivity index (χ0) is 29.1. The number of amides is 1. The number of hydrogen-bond donors (Lipinski definition) is 2. The first-order valence-electron chi connectivity index (χ1n) is 13.3. The highest BCUT2D eigenvalue weighted by Gasteiger charge is 2.23. The summed E-state index contributed by atoms with van der Waals surface area (Å²) in [5.41, 5.74) is 4.03. The van der Waals surface area contributed by atoms with Gasteiger partial charge in [0.25, 0.3) is 5.78 Å². The zero-order valence-corrected chi connectivity index (χ0v) is 24.2. The number of ether oxygens (including phenoxy) is 2. The van der Waals surface area contributed by atoms with E-state index in [2.05, 4.69) is 49.7 Å². The Labute approximate surface area is 242 Å². The molecule has 2 aromatic carbocycles. The zero-order valence-electron chi connectivity index (χ0n) is 23.4. The first-order chi connectivity index (χ1) is 19.7. The molecule has 41 heavy (non-hydrogen) atoms. The molecule has 1 aliphatic rings. The number of nitrogens with one attached hydrogen (secondary N) is 2. The van der Waals surface area contributed by atoms with Crippen molar-refractivity contribution in [3.63, 3.8) is 0 Å². The van der Waals surface area contributed by atoms with Crippen molar-refractivity contribution in [3.8, 4) is 11.6 Å². The van der Waals surface area contributed by atoms with Crippen LogP contribution in [0.15, 0.2) is 42.7 Å². The molecule has 1 saturated heterocycles. The minimum absolute atomic E-state index is 0.170. The Bertz CT molecular complexity index is 1570. The van der Waals surface area contributed by atoms with Crippen molar-refractivity contribution in [2.75, 3.05) is 37.4 Å². The maximum Gasteiger partial charge on any atom is 0.337 e. The van der Waals surface area contributed by atoms with E-state index in [9.17, 15) is 9.59 Å². The number of carbonyl (C=O) groups excluding carboxylic acids is 2. The van der Waals surface area contributed by atoms with E-state index in [4.69, 9.17) is 21.1 Å². The average Bonchev–Trinajstić information content (AvgIpc) is 3.41. The standard InChI is InChI=1S/C29H32ClN7O4/c1-17-11-18(2)27(19(3)12-17)41-26-14-24(35-29-31-16-32-37(26)29)33-21-7-9-36(10-8-21)15-25(38)34-23-6-5-20(13-22(23)30)28(39)40-4/h5-6,11-14,16,21H,7-10,15H2,1-4H3,(H,34,38)(H,31,32,33,35). The molecule has 214 valence electrons. The summed E-state index contributed by atoms with van der Waals surface area (Å²) < 4.78 is 12.6. The quantitative estimate of drug-likeness (QED) is 0.284. The average molecular weight is 578 g/mol. The topological polar surface area (TPSA) is 123 Å². The van der Waals surface area contributed by atoms with Gasteiger partial charge in [-0.15, -0.1) is 0 Å². The van der Waals surface area contributed by atoms with Gasteiger partial charge in [0.2, 0.25) is 11.8 Å². The molecule has 0 unspecified atom stereocenters. The van der Waals surface area contributed by atoms with E-state index < -0.39 is 5.97 Å². The van der Waals surface area contributed by atoms with Gasteiger partial charge in [-0.1, -0.05) is 29.3 Å². The lowest BCUT2D eigenvalue weighted by Crippen LogP contribution is -2.42. The molecule has 0 aliphatic carbocycles. The van der Waals surface area contributed by atoms with Crippen LogP contribution >= 0.6 is 11.6 Å². The third-order valence-corrected chi connectivity index (χ3v) is 7.31. The molecular weight excluding hydrogens is 546 g/mol. The number of hydrogen-bond acceptors (Lipinski definition) is 9. The highest BCUT2D eigenvalue weighted by Crippen LogP contribution is 2.31. The van der Waals surface area contributed by atoms with E-state index >= 15 is 0 Å². The maximum atomic E-state index is 12.7. The fourth-order valence-corrected chi connectivity index (χ4v) is 5.29. The number of likely N-dealkylation sites (tertiary alicyclic amines) is 1. The minimum atomic E-state index is -0.488. The second-order valence-corrected chi connectivity index (χ2v) is 10.6. The molecule has 3 heterocycles. The number of esters is 1. The van der Waals surface area contributed by atoms with Crippen molar-refractivity contribution < 1.29 is 19.1 Å². The lowest BCUT2D eigenvalue weighted by atomic mass is 10.1. The fraction of sp³-hybridized carbons (Fsp3) is 0.345. The highest BCUT2D eigenvalue weighted by molar-refractivity contribution is 6.34. The molecule has 0 atom stereocenters. The molecule has 1 amide bonds. The van der Waals surface area contributed by atoms with Crippen LogP contribution in [0, 0.1) is 20.8 Å². The number of anilines is 2. The van der Waals surface area contributed by atoms with Crippen LogP contribution in [0.4, 0.5) is 11.5 Å². The van der Waals surface area contributed by atoms with Gasteiger partial charge in [0.15, 0.2) is 0 Å². The molecule has 2 N–H and O–H groups in total. The third-order valence-electron chi connectivity index (χ3n) is 7.00. The van der Waals surface area contributed by atoms with E-state index in [1.165, 1.54) is 25.1 Å². The van der Waals surface area contributed by atoms with Crippen LogP contribution in [-0.2, 0) is 9.53 Å². The van der Waals surface area contributed by atoms with Gasteiger partial charge in [0, 0.05) is 25.2 Å². The van der Waals surface area contributed by atoms with Gasteiger partial charge >= 0.3 is 5.97 Å². The number of carbonyl (C=O) groups is 2. The van der Waals surface area contributed by atoms with Crippen molar-refractivity contribution in [1.29, 1.82) is 0 Å². The molecular formula is C29H32ClN7O4.